The summed E-state index contributed by atoms with van der Waals surface area (Å²) >= 11 is 0. The van der Waals surface area contributed by atoms with Crippen molar-refractivity contribution >= 4 is 42.1 Å². The fourth-order valence-corrected chi connectivity index (χ4v) is 2.88. The lowest BCUT2D eigenvalue weighted by molar-refractivity contribution is -0.384. The van der Waals surface area contributed by atoms with Crippen LogP contribution in [0.25, 0.3) is 0 Å². The number of nitro benzene ring substituents is 1. The van der Waals surface area contributed by atoms with Gasteiger partial charge in [-0.05, 0) is 43.1 Å². The Morgan fingerprint density at radius 3 is 2.50 bits per heavy atom. The summed E-state index contributed by atoms with van der Waals surface area (Å²) in [5, 5.41) is 14.7. The van der Waals surface area contributed by atoms with Crippen molar-refractivity contribution in [1.82, 2.24) is 9.88 Å². The Bertz CT molecular complexity index is 850. The first-order valence-electron chi connectivity index (χ1n) is 9.06. The van der Waals surface area contributed by atoms with Gasteiger partial charge in [0.2, 0.25) is 0 Å². The van der Waals surface area contributed by atoms with Crippen molar-refractivity contribution in [3.63, 3.8) is 0 Å². The molecule has 2 rings (SSSR count). The van der Waals surface area contributed by atoms with Crippen LogP contribution in [0.2, 0.25) is 0 Å². The zero-order chi connectivity index (χ0) is 20.9. The van der Waals surface area contributed by atoms with Gasteiger partial charge in [0, 0.05) is 31.4 Å². The molecule has 8 nitrogen and oxygen atoms in total. The van der Waals surface area contributed by atoms with Gasteiger partial charge in [0.15, 0.2) is 0 Å². The Hall–Kier alpha value is -2.42. The van der Waals surface area contributed by atoms with E-state index in [1.165, 1.54) is 11.0 Å². The molecule has 0 aliphatic heterocycles. The van der Waals surface area contributed by atoms with Crippen LogP contribution in [0.15, 0.2) is 42.6 Å². The highest BCUT2D eigenvalue weighted by atomic mass is 35.5. The Kier molecular flexibility index (Phi) is 10.7. The molecule has 1 heterocycles. The highest BCUT2D eigenvalue weighted by Gasteiger charge is 2.24. The topological polar surface area (TPSA) is 114 Å². The summed E-state index contributed by atoms with van der Waals surface area (Å²) < 4.78 is 0. The summed E-state index contributed by atoms with van der Waals surface area (Å²) in [5.41, 5.74) is 6.70. The highest BCUT2D eigenvalue weighted by molar-refractivity contribution is 5.95. The third kappa shape index (κ3) is 7.12. The number of amides is 1. The average Bonchev–Trinajstić information content (AvgIpc) is 2.67. The minimum Gasteiger partial charge on any atom is -0.371 e. The summed E-state index contributed by atoms with van der Waals surface area (Å²) in [6.45, 7) is 6.68. The Balaban J connectivity index is 0.00000420. The van der Waals surface area contributed by atoms with E-state index in [2.05, 4.69) is 10.3 Å². The van der Waals surface area contributed by atoms with Crippen molar-refractivity contribution in [2.24, 2.45) is 11.1 Å². The van der Waals surface area contributed by atoms with Crippen LogP contribution in [0.1, 0.15) is 42.9 Å². The van der Waals surface area contributed by atoms with E-state index in [1.807, 2.05) is 39.0 Å². The number of rotatable bonds is 8. The molecule has 0 aliphatic carbocycles. The molecule has 3 N–H and O–H groups in total. The molecule has 0 fully saturated rings. The van der Waals surface area contributed by atoms with Crippen molar-refractivity contribution in [2.75, 3.05) is 25.5 Å². The number of anilines is 1. The predicted molar refractivity (Wildman–Crippen MR) is 124 cm³/mol. The number of carbonyl (C=O) groups excluding carboxylic acids is 1. The molecule has 1 atom stereocenters. The summed E-state index contributed by atoms with van der Waals surface area (Å²) in [6, 6.07) is 9.74. The van der Waals surface area contributed by atoms with Gasteiger partial charge in [-0.25, -0.2) is 0 Å². The largest absolute Gasteiger partial charge is 0.371 e. The fraction of sp³-hybridized carbons (Fsp3) is 0.400. The summed E-state index contributed by atoms with van der Waals surface area (Å²) in [7, 11) is 1.67. The average molecular weight is 458 g/mol. The van der Waals surface area contributed by atoms with Crippen LogP contribution in [0.5, 0.6) is 0 Å². The van der Waals surface area contributed by atoms with Gasteiger partial charge in [0.25, 0.3) is 11.6 Å². The van der Waals surface area contributed by atoms with E-state index in [0.29, 0.717) is 18.8 Å². The molecule has 0 aliphatic rings. The van der Waals surface area contributed by atoms with E-state index in [1.54, 1.807) is 25.4 Å². The maximum absolute atomic E-state index is 12.7. The summed E-state index contributed by atoms with van der Waals surface area (Å²) in [5.74, 6) is -0.283. The number of hydrogen-bond acceptors (Lipinski definition) is 6. The van der Waals surface area contributed by atoms with E-state index in [9.17, 15) is 14.9 Å². The molecule has 2 aromatic rings. The van der Waals surface area contributed by atoms with Gasteiger partial charge in [-0.1, -0.05) is 19.9 Å². The van der Waals surface area contributed by atoms with Crippen molar-refractivity contribution in [1.29, 1.82) is 0 Å². The smallest absolute Gasteiger partial charge is 0.293 e. The first kappa shape index (κ1) is 27.6. The van der Waals surface area contributed by atoms with Gasteiger partial charge in [-0.2, -0.15) is 0 Å². The van der Waals surface area contributed by atoms with Crippen LogP contribution in [0.4, 0.5) is 11.4 Å². The van der Waals surface area contributed by atoms with Crippen LogP contribution in [-0.2, 0) is 0 Å². The van der Waals surface area contributed by atoms with Crippen molar-refractivity contribution in [3.8, 4) is 0 Å². The number of carbonyl (C=O) groups is 1. The first-order chi connectivity index (χ1) is 13.1. The minimum atomic E-state index is -0.492. The third-order valence-electron chi connectivity index (χ3n) is 4.51. The lowest BCUT2D eigenvalue weighted by Crippen LogP contribution is -2.39. The number of nitrogens with one attached hydrogen (secondary N) is 1. The molecule has 1 aromatic carbocycles. The molecular formula is C20H29Cl2N5O3. The quantitative estimate of drug-likeness (QED) is 0.456. The lowest BCUT2D eigenvalue weighted by atomic mass is 9.93. The second-order valence-electron chi connectivity index (χ2n) is 7.64. The van der Waals surface area contributed by atoms with E-state index in [-0.39, 0.29) is 53.4 Å². The van der Waals surface area contributed by atoms with E-state index in [0.717, 1.165) is 5.69 Å². The number of nitrogens with zero attached hydrogens (tertiary/aromatic N) is 3. The number of halogens is 2. The van der Waals surface area contributed by atoms with Crippen LogP contribution in [-0.4, -0.2) is 40.9 Å². The van der Waals surface area contributed by atoms with Gasteiger partial charge in [0.1, 0.15) is 5.69 Å². The molecule has 30 heavy (non-hydrogen) atoms. The van der Waals surface area contributed by atoms with Crippen LogP contribution in [0, 0.1) is 15.5 Å². The Morgan fingerprint density at radius 1 is 1.30 bits per heavy atom. The number of nitro groups is 1. The van der Waals surface area contributed by atoms with E-state index in [4.69, 9.17) is 5.73 Å². The number of hydrogen-bond donors (Lipinski definition) is 2. The standard InChI is InChI=1S/C20H27N5O3.2ClH/c1-14(16-7-5-6-10-22-16)23-17-9-8-15(11-18(17)25(27)28)19(26)24(4)13-20(2,3)12-21;;/h5-11,14,23H,12-13,21H2,1-4H3;2*1H. The number of benzene rings is 1. The molecule has 10 heteroatoms. The van der Waals surface area contributed by atoms with Gasteiger partial charge in [-0.15, -0.1) is 24.8 Å². The molecule has 1 aromatic heterocycles. The van der Waals surface area contributed by atoms with Gasteiger partial charge in [-0.3, -0.25) is 19.9 Å². The molecule has 0 spiro atoms. The normalized spacial score (nSPS) is 11.5. The maximum atomic E-state index is 12.7. The monoisotopic (exact) mass is 457 g/mol. The molecule has 166 valence electrons. The lowest BCUT2D eigenvalue weighted by Gasteiger charge is -2.29. The highest BCUT2D eigenvalue weighted by Crippen LogP contribution is 2.29. The molecule has 1 unspecified atom stereocenters. The zero-order valence-electron chi connectivity index (χ0n) is 17.5. The predicted octanol–water partition coefficient (Wildman–Crippen LogP) is 4.06. The summed E-state index contributed by atoms with van der Waals surface area (Å²) in [6.07, 6.45) is 1.67. The maximum Gasteiger partial charge on any atom is 0.293 e. The number of nitrogens with two attached hydrogens (primary N) is 1. The molecular weight excluding hydrogens is 429 g/mol. The number of pyridine rings is 1. The van der Waals surface area contributed by atoms with Crippen LogP contribution >= 0.6 is 24.8 Å². The van der Waals surface area contributed by atoms with E-state index < -0.39 is 4.92 Å². The van der Waals surface area contributed by atoms with Crippen molar-refractivity contribution in [2.45, 2.75) is 26.8 Å². The molecule has 0 radical (unpaired) electrons. The fourth-order valence-electron chi connectivity index (χ4n) is 2.88. The second-order valence-corrected chi connectivity index (χ2v) is 7.64. The van der Waals surface area contributed by atoms with Gasteiger partial charge in [0.05, 0.1) is 16.7 Å². The third-order valence-corrected chi connectivity index (χ3v) is 4.51. The molecule has 1 amide bonds. The SMILES string of the molecule is CC(Nc1ccc(C(=O)N(C)CC(C)(C)CN)cc1[N+](=O)[O-])c1ccccn1.Cl.Cl. The van der Waals surface area contributed by atoms with Crippen LogP contribution in [0.3, 0.4) is 0 Å². The number of aromatic nitrogens is 1. The Labute approximate surface area is 189 Å². The van der Waals surface area contributed by atoms with Crippen molar-refractivity contribution < 1.29 is 9.72 Å². The first-order valence-corrected chi connectivity index (χ1v) is 9.06. The van der Waals surface area contributed by atoms with Gasteiger partial charge >= 0.3 is 0 Å². The minimum absolute atomic E-state index is 0. The summed E-state index contributed by atoms with van der Waals surface area (Å²) in [4.78, 5) is 29.6. The van der Waals surface area contributed by atoms with Crippen LogP contribution < -0.4 is 11.1 Å². The second kappa shape index (κ2) is 11.7. The van der Waals surface area contributed by atoms with Gasteiger partial charge < -0.3 is 16.0 Å². The van der Waals surface area contributed by atoms with Crippen molar-refractivity contribution in [3.05, 3.63) is 64.0 Å². The molecule has 0 saturated carbocycles. The molecule has 0 saturated heterocycles. The molecule has 0 bridgehead atoms. The van der Waals surface area contributed by atoms with E-state index >= 15 is 0 Å². The zero-order valence-corrected chi connectivity index (χ0v) is 19.1. The Morgan fingerprint density at radius 2 is 1.97 bits per heavy atom.